The smallest absolute Gasteiger partial charge is 0.389 e. The van der Waals surface area contributed by atoms with Gasteiger partial charge < -0.3 is 5.11 Å². The molecule has 7 heteroatoms. The number of alkyl halides is 6. The van der Waals surface area contributed by atoms with Gasteiger partial charge in [-0.25, -0.2) is 0 Å². The van der Waals surface area contributed by atoms with Crippen LogP contribution in [0.25, 0.3) is 0 Å². The Balaban J connectivity index is 3.88. The highest BCUT2D eigenvalue weighted by atomic mass is 19.4. The van der Waals surface area contributed by atoms with Crippen LogP contribution in [-0.4, -0.2) is 23.1 Å². The van der Waals surface area contributed by atoms with Crippen LogP contribution in [0.15, 0.2) is 0 Å². The first-order chi connectivity index (χ1) is 6.91. The van der Waals surface area contributed by atoms with Crippen molar-refractivity contribution in [3.05, 3.63) is 0 Å². The van der Waals surface area contributed by atoms with Crippen LogP contribution in [0.4, 0.5) is 26.3 Å². The van der Waals surface area contributed by atoms with Gasteiger partial charge in [0.25, 0.3) is 0 Å². The van der Waals surface area contributed by atoms with E-state index in [1.165, 1.54) is 0 Å². The SMILES string of the molecule is CC(O)(CCCC(F)(F)F)CCC(F)(F)F. The summed E-state index contributed by atoms with van der Waals surface area (Å²) in [4.78, 5) is 0. The van der Waals surface area contributed by atoms with Crippen molar-refractivity contribution in [2.24, 2.45) is 0 Å². The summed E-state index contributed by atoms with van der Waals surface area (Å²) in [5.41, 5.74) is -1.69. The Kier molecular flexibility index (Phi) is 5.10. The third-order valence-corrected chi connectivity index (χ3v) is 2.12. The summed E-state index contributed by atoms with van der Waals surface area (Å²) < 4.78 is 70.7. The Hall–Kier alpha value is -0.460. The van der Waals surface area contributed by atoms with Gasteiger partial charge in [-0.15, -0.1) is 0 Å². The van der Waals surface area contributed by atoms with Crippen molar-refractivity contribution >= 4 is 0 Å². The van der Waals surface area contributed by atoms with Gasteiger partial charge >= 0.3 is 12.4 Å². The largest absolute Gasteiger partial charge is 0.390 e. The second-order valence-electron chi connectivity index (χ2n) is 4.08. The van der Waals surface area contributed by atoms with E-state index in [0.717, 1.165) is 6.92 Å². The average Bonchev–Trinajstić information content (AvgIpc) is 1.97. The molecular weight excluding hydrogens is 238 g/mol. The van der Waals surface area contributed by atoms with E-state index in [-0.39, 0.29) is 12.8 Å². The zero-order valence-electron chi connectivity index (χ0n) is 8.75. The molecule has 0 saturated heterocycles. The minimum absolute atomic E-state index is 0.289. The quantitative estimate of drug-likeness (QED) is 0.737. The zero-order valence-corrected chi connectivity index (χ0v) is 8.75. The molecule has 98 valence electrons. The molecule has 0 bridgehead atoms. The molecule has 16 heavy (non-hydrogen) atoms. The van der Waals surface area contributed by atoms with E-state index < -0.39 is 37.2 Å². The average molecular weight is 252 g/mol. The molecular formula is C9H14F6O. The Morgan fingerprint density at radius 3 is 1.56 bits per heavy atom. The summed E-state index contributed by atoms with van der Waals surface area (Å²) in [6.45, 7) is 1.12. The first kappa shape index (κ1) is 15.5. The fourth-order valence-electron chi connectivity index (χ4n) is 1.21. The molecule has 1 atom stereocenters. The number of hydrogen-bond donors (Lipinski definition) is 1. The van der Waals surface area contributed by atoms with E-state index in [9.17, 15) is 31.4 Å². The van der Waals surface area contributed by atoms with Gasteiger partial charge in [-0.2, -0.15) is 26.3 Å². The van der Waals surface area contributed by atoms with Crippen LogP contribution < -0.4 is 0 Å². The zero-order chi connectivity index (χ0) is 13.0. The molecule has 0 aromatic heterocycles. The maximum absolute atomic E-state index is 11.8. The molecule has 0 amide bonds. The van der Waals surface area contributed by atoms with E-state index in [1.54, 1.807) is 0 Å². The summed E-state index contributed by atoms with van der Waals surface area (Å²) in [7, 11) is 0. The van der Waals surface area contributed by atoms with Crippen molar-refractivity contribution in [2.45, 2.75) is 57.0 Å². The molecule has 0 aliphatic carbocycles. The molecule has 0 aliphatic rings. The van der Waals surface area contributed by atoms with Gasteiger partial charge in [0.2, 0.25) is 0 Å². The van der Waals surface area contributed by atoms with Gasteiger partial charge in [-0.05, 0) is 26.2 Å². The van der Waals surface area contributed by atoms with Crippen LogP contribution >= 0.6 is 0 Å². The van der Waals surface area contributed by atoms with Crippen LogP contribution in [0.5, 0.6) is 0 Å². The predicted octanol–water partition coefficient (Wildman–Crippen LogP) is 3.81. The lowest BCUT2D eigenvalue weighted by atomic mass is 9.93. The Labute approximate surface area is 89.4 Å². The minimum atomic E-state index is -4.39. The number of rotatable bonds is 5. The van der Waals surface area contributed by atoms with Gasteiger partial charge in [0.05, 0.1) is 5.60 Å². The van der Waals surface area contributed by atoms with Crippen molar-refractivity contribution in [1.29, 1.82) is 0 Å². The first-order valence-corrected chi connectivity index (χ1v) is 4.77. The van der Waals surface area contributed by atoms with Crippen LogP contribution in [0.3, 0.4) is 0 Å². The number of aliphatic hydroxyl groups is 1. The van der Waals surface area contributed by atoms with Crippen LogP contribution in [0.2, 0.25) is 0 Å². The van der Waals surface area contributed by atoms with E-state index in [1.807, 2.05) is 0 Å². The lowest BCUT2D eigenvalue weighted by molar-refractivity contribution is -0.150. The van der Waals surface area contributed by atoms with Gasteiger partial charge in [-0.3, -0.25) is 0 Å². The standard InChI is InChI=1S/C9H14F6O/c1-7(16,5-6-9(13,14)15)3-2-4-8(10,11)12/h16H,2-6H2,1H3. The normalized spacial score (nSPS) is 17.2. The van der Waals surface area contributed by atoms with Gasteiger partial charge in [0, 0.05) is 12.8 Å². The molecule has 0 saturated carbocycles. The highest BCUT2D eigenvalue weighted by Gasteiger charge is 2.33. The Morgan fingerprint density at radius 2 is 1.19 bits per heavy atom. The molecule has 0 aromatic rings. The maximum Gasteiger partial charge on any atom is 0.389 e. The first-order valence-electron chi connectivity index (χ1n) is 4.77. The summed E-state index contributed by atoms with van der Waals surface area (Å²) in [5, 5.41) is 9.41. The summed E-state index contributed by atoms with van der Waals surface area (Å²) >= 11 is 0. The fourth-order valence-corrected chi connectivity index (χ4v) is 1.21. The van der Waals surface area contributed by atoms with E-state index >= 15 is 0 Å². The van der Waals surface area contributed by atoms with Crippen LogP contribution in [0, 0.1) is 0 Å². The third-order valence-electron chi connectivity index (χ3n) is 2.12. The predicted molar refractivity (Wildman–Crippen MR) is 45.8 cm³/mol. The third kappa shape index (κ3) is 10.1. The highest BCUT2D eigenvalue weighted by Crippen LogP contribution is 2.30. The van der Waals surface area contributed by atoms with Crippen LogP contribution in [-0.2, 0) is 0 Å². The van der Waals surface area contributed by atoms with Crippen molar-refractivity contribution in [2.75, 3.05) is 0 Å². The number of halogens is 6. The van der Waals surface area contributed by atoms with Crippen molar-refractivity contribution in [1.82, 2.24) is 0 Å². The van der Waals surface area contributed by atoms with Gasteiger partial charge in [0.15, 0.2) is 0 Å². The molecule has 0 fully saturated rings. The van der Waals surface area contributed by atoms with Crippen LogP contribution in [0.1, 0.15) is 39.0 Å². The monoisotopic (exact) mass is 252 g/mol. The molecule has 0 spiro atoms. The minimum Gasteiger partial charge on any atom is -0.390 e. The molecule has 1 nitrogen and oxygen atoms in total. The van der Waals surface area contributed by atoms with E-state index in [4.69, 9.17) is 0 Å². The van der Waals surface area contributed by atoms with Gasteiger partial charge in [0.1, 0.15) is 0 Å². The van der Waals surface area contributed by atoms with Crippen molar-refractivity contribution in [3.63, 3.8) is 0 Å². The summed E-state index contributed by atoms with van der Waals surface area (Å²) in [6, 6.07) is 0. The second kappa shape index (κ2) is 5.25. The topological polar surface area (TPSA) is 20.2 Å². The fraction of sp³-hybridized carbons (Fsp3) is 1.00. The molecule has 0 radical (unpaired) electrons. The second-order valence-corrected chi connectivity index (χ2v) is 4.08. The number of hydrogen-bond acceptors (Lipinski definition) is 1. The Bertz CT molecular complexity index is 205. The molecule has 1 N–H and O–H groups in total. The van der Waals surface area contributed by atoms with E-state index in [2.05, 4.69) is 0 Å². The molecule has 0 aliphatic heterocycles. The summed E-state index contributed by atoms with van der Waals surface area (Å²) in [6.07, 6.45) is -12.2. The molecule has 0 aromatic carbocycles. The molecule has 0 rings (SSSR count). The van der Waals surface area contributed by atoms with Crippen molar-refractivity contribution in [3.8, 4) is 0 Å². The summed E-state index contributed by atoms with van der Waals surface area (Å²) in [5.74, 6) is 0. The highest BCUT2D eigenvalue weighted by molar-refractivity contribution is 4.74. The maximum atomic E-state index is 11.8. The molecule has 0 heterocycles. The lowest BCUT2D eigenvalue weighted by Crippen LogP contribution is -2.27. The Morgan fingerprint density at radius 1 is 0.750 bits per heavy atom. The van der Waals surface area contributed by atoms with Gasteiger partial charge in [-0.1, -0.05) is 0 Å². The van der Waals surface area contributed by atoms with E-state index in [0.29, 0.717) is 0 Å². The lowest BCUT2D eigenvalue weighted by Gasteiger charge is -2.24. The van der Waals surface area contributed by atoms with Crippen molar-refractivity contribution < 1.29 is 31.4 Å². The molecule has 1 unspecified atom stereocenters.